The number of thiophene rings is 2. The SMILES string of the molecule is COC(=O)c1cc2cc(NC(=O)c3cc(N)cn3C)ccc2s1.COC(=O)c1cc2cc(NC(=O)c3cc(NCCCCOc4cc5c(cc4OC)C(=O)N4c6ccccc6C[C@H]4C=N5)cn3C)ccc2s1.COc1cc2c(cc1OCCCCI)N=C[C@@H]1Cc3ccccc3N1C2=O.O=CO[O-].[H-].[K+].[K+]. The molecule has 10 aromatic rings. The molecule has 6 aromatic carbocycles. The van der Waals surface area contributed by atoms with Crippen molar-refractivity contribution in [2.45, 2.75) is 50.6 Å². The summed E-state index contributed by atoms with van der Waals surface area (Å²) in [6.45, 7) is 1.58. The molecule has 8 heterocycles. The monoisotopic (exact) mass is 1620 g/mol. The number of nitrogens with two attached hydrogens (primary N) is 1. The number of amides is 4. The zero-order valence-corrected chi connectivity index (χ0v) is 68.9. The molecule has 105 heavy (non-hydrogen) atoms. The number of ether oxygens (including phenoxy) is 6. The Morgan fingerprint density at radius 2 is 1.06 bits per heavy atom. The zero-order chi connectivity index (χ0) is 72.8. The number of benzene rings is 6. The molecule has 14 rings (SSSR count). The third-order valence-corrected chi connectivity index (χ3v) is 20.0. The predicted octanol–water partition coefficient (Wildman–Crippen LogP) is 6.84. The average molecular weight is 1620 g/mol. The predicted molar refractivity (Wildman–Crippen MR) is 406 cm³/mol. The van der Waals surface area contributed by atoms with Gasteiger partial charge >= 0.3 is 115 Å². The topological polar surface area (TPSA) is 310 Å². The van der Waals surface area contributed by atoms with Crippen molar-refractivity contribution in [3.63, 3.8) is 0 Å². The number of fused-ring (bicyclic) bond motifs is 10. The van der Waals surface area contributed by atoms with Crippen molar-refractivity contribution in [3.05, 3.63) is 189 Å². The van der Waals surface area contributed by atoms with Crippen LogP contribution in [0.1, 0.15) is 99.3 Å². The van der Waals surface area contributed by atoms with Crippen LogP contribution in [0.25, 0.3) is 20.2 Å². The van der Waals surface area contributed by atoms with Gasteiger partial charge in [0.05, 0.1) is 87.6 Å². The number of aromatic nitrogens is 2. The molecule has 25 nitrogen and oxygen atoms in total. The van der Waals surface area contributed by atoms with Gasteiger partial charge in [0, 0.05) is 103 Å². The summed E-state index contributed by atoms with van der Waals surface area (Å²) < 4.78 is 39.1. The Bertz CT molecular complexity index is 4930. The molecule has 4 aromatic heterocycles. The van der Waals surface area contributed by atoms with Crippen LogP contribution >= 0.6 is 45.3 Å². The largest absolute Gasteiger partial charge is 1.00 e. The molecule has 0 unspecified atom stereocenters. The number of nitrogens with one attached hydrogen (secondary N) is 3. The molecule has 4 amide bonds. The standard InChI is InChI=1S/C37H35N5O6S.C21H21IN2O3.C16H15N3O3S.CH2O3.2K.H/c1-41-21-25(17-30(41)35(43)40-24-10-11-33-23(14-24)16-34(49-33)37(45)47-3)38-12-6-7-13-48-32-19-28-27(18-31(32)46-2)36(44)42-26(20-39-28)15-22-8-4-5-9-29(22)42;1-26-19-11-16-17(12-20(19)27-9-5-4-8-22)23-13-15-10-14-6-2-3-7-18(14)24(15)21(16)25;1-19-8-10(17)7-12(19)15(20)18-11-3-4-13-9(5-11)6-14(23-13)16(21)22-2;2-1-4-3;;;/h4-5,8-11,14,16-21,26,38H,6-7,12-13,15H2,1-3H3,(H,40,43);2-3,6-7,11-13,15H,4-5,8-10H2,1H3;3-8H,17H2,1-2H3,(H,18,20);1,3H;;;/q;;;;2*+1;-1/p-1/t26-;15-;;;;;/m00...../s1. The number of hydrogen-bond acceptors (Lipinski definition) is 21. The number of alkyl halides is 1. The molecule has 0 bridgehead atoms. The molecule has 534 valence electrons. The van der Waals surface area contributed by atoms with Gasteiger partial charge in [-0.2, -0.15) is 0 Å². The first kappa shape index (κ1) is 81.3. The van der Waals surface area contributed by atoms with Crippen LogP contribution < -0.4 is 158 Å². The van der Waals surface area contributed by atoms with Crippen molar-refractivity contribution in [1.82, 2.24) is 9.13 Å². The fourth-order valence-corrected chi connectivity index (χ4v) is 14.6. The number of aryl methyl sites for hydroxylation is 2. The molecule has 0 saturated carbocycles. The van der Waals surface area contributed by atoms with Crippen LogP contribution in [0.15, 0.2) is 156 Å². The van der Waals surface area contributed by atoms with Crippen LogP contribution in [0.5, 0.6) is 23.0 Å². The summed E-state index contributed by atoms with van der Waals surface area (Å²) >= 11 is 5.06. The summed E-state index contributed by atoms with van der Waals surface area (Å²) in [6, 6.07) is 40.9. The molecular formula is C75H73IK2N10O15S2. The number of methoxy groups -OCH3 is 4. The normalized spacial score (nSPS) is 13.8. The van der Waals surface area contributed by atoms with E-state index in [1.165, 1.54) is 42.5 Å². The zero-order valence-electron chi connectivity index (χ0n) is 59.9. The fraction of sp³-hybridized carbons (Fsp3) is 0.240. The molecule has 4 aliphatic rings. The number of hydrogen-bond donors (Lipinski definition) is 4. The summed E-state index contributed by atoms with van der Waals surface area (Å²) in [6.07, 6.45) is 12.5. The average Bonchev–Trinajstić information content (AvgIpc) is 1.56. The molecule has 0 saturated heterocycles. The minimum absolute atomic E-state index is 0. The van der Waals surface area contributed by atoms with Crippen LogP contribution in [0.3, 0.4) is 0 Å². The van der Waals surface area contributed by atoms with Gasteiger partial charge in [0.1, 0.15) is 21.1 Å². The maximum absolute atomic E-state index is 13.6. The van der Waals surface area contributed by atoms with E-state index in [0.717, 1.165) is 85.8 Å². The molecule has 0 aliphatic carbocycles. The van der Waals surface area contributed by atoms with E-state index in [1.54, 1.807) is 79.1 Å². The van der Waals surface area contributed by atoms with E-state index in [4.69, 9.17) is 44.2 Å². The van der Waals surface area contributed by atoms with E-state index in [9.17, 15) is 28.8 Å². The summed E-state index contributed by atoms with van der Waals surface area (Å²) in [7, 11) is 9.45. The first-order chi connectivity index (χ1) is 49.9. The first-order valence-corrected chi connectivity index (χ1v) is 35.7. The van der Waals surface area contributed by atoms with Crippen molar-refractivity contribution in [3.8, 4) is 23.0 Å². The summed E-state index contributed by atoms with van der Waals surface area (Å²) in [4.78, 5) is 101. The Kier molecular flexibility index (Phi) is 29.5. The minimum atomic E-state index is -0.380. The van der Waals surface area contributed by atoms with Gasteiger partial charge in [-0.05, 0) is 137 Å². The van der Waals surface area contributed by atoms with E-state index in [0.29, 0.717) is 103 Å². The van der Waals surface area contributed by atoms with Crippen molar-refractivity contribution in [1.29, 1.82) is 0 Å². The Labute approximate surface area is 713 Å². The van der Waals surface area contributed by atoms with E-state index < -0.39 is 0 Å². The number of unbranched alkanes of at least 4 members (excludes halogenated alkanes) is 2. The number of nitrogen functional groups attached to an aromatic ring is 1. The van der Waals surface area contributed by atoms with E-state index in [2.05, 4.69) is 65.5 Å². The maximum Gasteiger partial charge on any atom is 1.00 e. The Morgan fingerprint density at radius 3 is 1.50 bits per heavy atom. The van der Waals surface area contributed by atoms with Crippen molar-refractivity contribution < 1.29 is 176 Å². The van der Waals surface area contributed by atoms with Crippen LogP contribution in [0, 0.1) is 0 Å². The van der Waals surface area contributed by atoms with Gasteiger partial charge in [-0.1, -0.05) is 59.0 Å². The van der Waals surface area contributed by atoms with E-state index in [-0.39, 0.29) is 158 Å². The number of halogens is 1. The van der Waals surface area contributed by atoms with Crippen molar-refractivity contribution >= 4 is 165 Å². The van der Waals surface area contributed by atoms with Gasteiger partial charge < -0.3 is 70.8 Å². The number of aliphatic imine (C=N–C) groups is 2. The van der Waals surface area contributed by atoms with Gasteiger partial charge in [0.2, 0.25) is 0 Å². The Hall–Kier alpha value is -7.81. The molecule has 4 aliphatic heterocycles. The van der Waals surface area contributed by atoms with E-state index in [1.807, 2.05) is 114 Å². The summed E-state index contributed by atoms with van der Waals surface area (Å²) in [5.41, 5.74) is 15.8. The summed E-state index contributed by atoms with van der Waals surface area (Å²) in [5.74, 6) is 0.859. The third-order valence-electron chi connectivity index (χ3n) is 17.1. The molecule has 5 N–H and O–H groups in total. The van der Waals surface area contributed by atoms with E-state index >= 15 is 0 Å². The van der Waals surface area contributed by atoms with Crippen molar-refractivity contribution in [2.24, 2.45) is 24.1 Å². The van der Waals surface area contributed by atoms with Crippen LogP contribution in [0.4, 0.5) is 45.5 Å². The smallest absolute Gasteiger partial charge is 1.00 e. The number of anilines is 6. The second-order valence-corrected chi connectivity index (χ2v) is 27.0. The number of carbonyl (C=O) groups excluding carboxylic acids is 7. The second kappa shape index (κ2) is 38.1. The van der Waals surface area contributed by atoms with Crippen molar-refractivity contribution in [2.75, 3.05) is 84.1 Å². The van der Waals surface area contributed by atoms with Gasteiger partial charge in [-0.3, -0.25) is 43.8 Å². The first-order valence-electron chi connectivity index (χ1n) is 32.5. The van der Waals surface area contributed by atoms with Gasteiger partial charge in [0.15, 0.2) is 23.0 Å². The molecule has 0 spiro atoms. The van der Waals surface area contributed by atoms with Crippen LogP contribution in [0.2, 0.25) is 0 Å². The van der Waals surface area contributed by atoms with Gasteiger partial charge in [-0.15, -0.1) is 22.7 Å². The molecule has 0 radical (unpaired) electrons. The molecular weight excluding hydrogens is 1550 g/mol. The number of nitrogens with zero attached hydrogens (tertiary/aromatic N) is 6. The minimum Gasteiger partial charge on any atom is -1.00 e. The quantitative estimate of drug-likeness (QED) is 0.00836. The number of esters is 2. The summed E-state index contributed by atoms with van der Waals surface area (Å²) in [5, 5.41) is 19.3. The third kappa shape index (κ3) is 19.3. The molecule has 30 heteroatoms. The maximum atomic E-state index is 13.6. The number of para-hydroxylation sites is 2. The van der Waals surface area contributed by atoms with Gasteiger partial charge in [0.25, 0.3) is 30.1 Å². The Morgan fingerprint density at radius 1 is 0.600 bits per heavy atom. The fourth-order valence-electron chi connectivity index (χ4n) is 12.1. The number of carbonyl (C=O) groups is 7. The van der Waals surface area contributed by atoms with Gasteiger partial charge in [-0.25, -0.2) is 9.59 Å². The molecule has 0 fully saturated rings. The van der Waals surface area contributed by atoms with Crippen LogP contribution in [-0.4, -0.2) is 128 Å². The second-order valence-electron chi connectivity index (χ2n) is 23.8. The Balaban J connectivity index is 0.000000210. The number of rotatable bonds is 21. The van der Waals surface area contributed by atoms with Crippen LogP contribution in [-0.2, 0) is 46.1 Å². The molecule has 2 atom stereocenters.